The molecule has 0 saturated heterocycles. The average Bonchev–Trinajstić information content (AvgIpc) is 2.53. The van der Waals surface area contributed by atoms with Crippen LogP contribution in [0.25, 0.3) is 0 Å². The van der Waals surface area contributed by atoms with Crippen LogP contribution in [0.5, 0.6) is 11.5 Å². The summed E-state index contributed by atoms with van der Waals surface area (Å²) in [6.45, 7) is 1.64. The lowest BCUT2D eigenvalue weighted by Gasteiger charge is -2.24. The van der Waals surface area contributed by atoms with Gasteiger partial charge >= 0.3 is 0 Å². The second kappa shape index (κ2) is 6.61. The first-order valence-corrected chi connectivity index (χ1v) is 6.75. The van der Waals surface area contributed by atoms with Crippen molar-refractivity contribution >= 4 is 0 Å². The van der Waals surface area contributed by atoms with Crippen molar-refractivity contribution in [1.82, 2.24) is 0 Å². The molecular weight excluding hydrogens is 268 g/mol. The van der Waals surface area contributed by atoms with Crippen LogP contribution in [0.4, 0.5) is 0 Å². The minimum Gasteiger partial charge on any atom is -0.497 e. The Balaban J connectivity index is 2.12. The number of aliphatic hydroxyl groups excluding tert-OH is 1. The number of hydrogen-bond donors (Lipinski definition) is 2. The van der Waals surface area contributed by atoms with Crippen LogP contribution in [0.15, 0.2) is 48.5 Å². The lowest BCUT2D eigenvalue weighted by atomic mass is 9.97. The van der Waals surface area contributed by atoms with Crippen LogP contribution < -0.4 is 9.47 Å². The van der Waals surface area contributed by atoms with E-state index in [1.54, 1.807) is 32.2 Å². The monoisotopic (exact) mass is 288 g/mol. The van der Waals surface area contributed by atoms with Crippen molar-refractivity contribution in [3.05, 3.63) is 59.7 Å². The molecule has 0 aromatic heterocycles. The lowest BCUT2D eigenvalue weighted by Crippen LogP contribution is -2.29. The van der Waals surface area contributed by atoms with E-state index in [0.717, 1.165) is 5.56 Å². The third-order valence-electron chi connectivity index (χ3n) is 3.34. The van der Waals surface area contributed by atoms with E-state index in [1.165, 1.54) is 0 Å². The van der Waals surface area contributed by atoms with Crippen molar-refractivity contribution in [2.24, 2.45) is 0 Å². The van der Waals surface area contributed by atoms with E-state index in [2.05, 4.69) is 0 Å². The summed E-state index contributed by atoms with van der Waals surface area (Å²) in [6.07, 6.45) is 0. The van der Waals surface area contributed by atoms with Crippen LogP contribution in [0, 0.1) is 0 Å². The summed E-state index contributed by atoms with van der Waals surface area (Å²) in [4.78, 5) is 0. The third kappa shape index (κ3) is 3.74. The van der Waals surface area contributed by atoms with Gasteiger partial charge in [-0.05, 0) is 30.7 Å². The minimum atomic E-state index is -1.10. The minimum absolute atomic E-state index is 0.0936. The van der Waals surface area contributed by atoms with Crippen LogP contribution in [0.1, 0.15) is 18.1 Å². The van der Waals surface area contributed by atoms with Crippen molar-refractivity contribution in [3.8, 4) is 11.5 Å². The Morgan fingerprint density at radius 2 is 1.81 bits per heavy atom. The number of ether oxygens (including phenoxy) is 2. The molecule has 0 fully saturated rings. The normalized spacial score (nSPS) is 13.5. The average molecular weight is 288 g/mol. The van der Waals surface area contributed by atoms with Gasteiger partial charge in [0.05, 0.1) is 13.7 Å². The van der Waals surface area contributed by atoms with Crippen LogP contribution in [0.3, 0.4) is 0 Å². The first-order valence-electron chi connectivity index (χ1n) is 6.75. The molecule has 2 rings (SSSR count). The smallest absolute Gasteiger partial charge is 0.125 e. The molecule has 0 amide bonds. The molecule has 0 radical (unpaired) electrons. The van der Waals surface area contributed by atoms with Gasteiger partial charge in [-0.3, -0.25) is 0 Å². The van der Waals surface area contributed by atoms with Gasteiger partial charge in [0.15, 0.2) is 0 Å². The van der Waals surface area contributed by atoms with E-state index in [9.17, 15) is 10.2 Å². The molecule has 1 unspecified atom stereocenters. The maximum atomic E-state index is 10.5. The summed E-state index contributed by atoms with van der Waals surface area (Å²) in [5.41, 5.74) is 0.302. The van der Waals surface area contributed by atoms with E-state index < -0.39 is 5.60 Å². The van der Waals surface area contributed by atoms with E-state index in [4.69, 9.17) is 9.47 Å². The number of aliphatic hydroxyl groups is 2. The van der Waals surface area contributed by atoms with Crippen molar-refractivity contribution in [3.63, 3.8) is 0 Å². The van der Waals surface area contributed by atoms with Crippen LogP contribution in [-0.2, 0) is 12.2 Å². The standard InChI is InChI=1S/C17H20O4/c1-17(19,14-6-4-3-5-7-14)12-21-16-9-8-15(20-2)10-13(16)11-18/h3-10,18-19H,11-12H2,1-2H3. The van der Waals surface area contributed by atoms with Gasteiger partial charge in [0.1, 0.15) is 23.7 Å². The summed E-state index contributed by atoms with van der Waals surface area (Å²) in [6, 6.07) is 14.5. The van der Waals surface area contributed by atoms with Gasteiger partial charge in [-0.15, -0.1) is 0 Å². The molecule has 0 aliphatic rings. The zero-order chi connectivity index (χ0) is 15.3. The summed E-state index contributed by atoms with van der Waals surface area (Å²) >= 11 is 0. The van der Waals surface area contributed by atoms with E-state index in [1.807, 2.05) is 30.3 Å². The van der Waals surface area contributed by atoms with Crippen molar-refractivity contribution in [1.29, 1.82) is 0 Å². The summed E-state index contributed by atoms with van der Waals surface area (Å²) in [5, 5.41) is 19.9. The SMILES string of the molecule is COc1ccc(OCC(C)(O)c2ccccc2)c(CO)c1. The Hall–Kier alpha value is -2.04. The molecule has 112 valence electrons. The predicted octanol–water partition coefficient (Wildman–Crippen LogP) is 2.47. The first kappa shape index (κ1) is 15.4. The number of rotatable bonds is 6. The highest BCUT2D eigenvalue weighted by molar-refractivity contribution is 5.40. The Morgan fingerprint density at radius 1 is 1.10 bits per heavy atom. The zero-order valence-corrected chi connectivity index (χ0v) is 12.2. The van der Waals surface area contributed by atoms with E-state index in [0.29, 0.717) is 17.1 Å². The van der Waals surface area contributed by atoms with Gasteiger partial charge in [0.25, 0.3) is 0 Å². The Kier molecular flexibility index (Phi) is 4.83. The topological polar surface area (TPSA) is 58.9 Å². The number of methoxy groups -OCH3 is 1. The molecule has 0 aliphatic carbocycles. The van der Waals surface area contributed by atoms with Gasteiger partial charge in [-0.1, -0.05) is 30.3 Å². The van der Waals surface area contributed by atoms with E-state index >= 15 is 0 Å². The van der Waals surface area contributed by atoms with Gasteiger partial charge in [0.2, 0.25) is 0 Å². The molecule has 4 nitrogen and oxygen atoms in total. The van der Waals surface area contributed by atoms with Crippen molar-refractivity contribution in [2.45, 2.75) is 19.1 Å². The second-order valence-corrected chi connectivity index (χ2v) is 5.06. The zero-order valence-electron chi connectivity index (χ0n) is 12.2. The Labute approximate surface area is 124 Å². The van der Waals surface area contributed by atoms with Gasteiger partial charge < -0.3 is 19.7 Å². The van der Waals surface area contributed by atoms with E-state index in [-0.39, 0.29) is 13.2 Å². The quantitative estimate of drug-likeness (QED) is 0.857. The molecular formula is C17H20O4. The predicted molar refractivity (Wildman–Crippen MR) is 80.4 cm³/mol. The van der Waals surface area contributed by atoms with Crippen LogP contribution in [0.2, 0.25) is 0 Å². The maximum Gasteiger partial charge on any atom is 0.125 e. The molecule has 21 heavy (non-hydrogen) atoms. The molecule has 0 saturated carbocycles. The molecule has 2 aromatic carbocycles. The fraction of sp³-hybridized carbons (Fsp3) is 0.294. The van der Waals surface area contributed by atoms with Crippen LogP contribution >= 0.6 is 0 Å². The Bertz CT molecular complexity index is 579. The Morgan fingerprint density at radius 3 is 2.43 bits per heavy atom. The second-order valence-electron chi connectivity index (χ2n) is 5.06. The number of hydrogen-bond acceptors (Lipinski definition) is 4. The maximum absolute atomic E-state index is 10.5. The van der Waals surface area contributed by atoms with Crippen LogP contribution in [-0.4, -0.2) is 23.9 Å². The first-order chi connectivity index (χ1) is 10.1. The van der Waals surface area contributed by atoms with Gasteiger partial charge in [-0.25, -0.2) is 0 Å². The molecule has 2 aromatic rings. The highest BCUT2D eigenvalue weighted by Crippen LogP contribution is 2.27. The number of benzene rings is 2. The third-order valence-corrected chi connectivity index (χ3v) is 3.34. The van der Waals surface area contributed by atoms with Gasteiger partial charge in [0, 0.05) is 5.56 Å². The summed E-state index contributed by atoms with van der Waals surface area (Å²) in [5.74, 6) is 1.19. The molecule has 2 N–H and O–H groups in total. The largest absolute Gasteiger partial charge is 0.497 e. The molecule has 0 aliphatic heterocycles. The fourth-order valence-electron chi connectivity index (χ4n) is 2.05. The van der Waals surface area contributed by atoms with Crippen molar-refractivity contribution < 1.29 is 19.7 Å². The highest BCUT2D eigenvalue weighted by atomic mass is 16.5. The molecule has 0 heterocycles. The molecule has 1 atom stereocenters. The molecule has 0 bridgehead atoms. The fourth-order valence-corrected chi connectivity index (χ4v) is 2.05. The lowest BCUT2D eigenvalue weighted by molar-refractivity contribution is 0.00694. The molecule has 4 heteroatoms. The summed E-state index contributed by atoms with van der Waals surface area (Å²) < 4.78 is 10.8. The van der Waals surface area contributed by atoms with Gasteiger partial charge in [-0.2, -0.15) is 0 Å². The highest BCUT2D eigenvalue weighted by Gasteiger charge is 2.24. The van der Waals surface area contributed by atoms with Crippen molar-refractivity contribution in [2.75, 3.05) is 13.7 Å². The summed E-state index contributed by atoms with van der Waals surface area (Å²) in [7, 11) is 1.57. The molecule has 0 spiro atoms.